The Morgan fingerprint density at radius 1 is 1.11 bits per heavy atom. The van der Waals surface area contributed by atoms with E-state index in [0.717, 1.165) is 41.3 Å². The lowest BCUT2D eigenvalue weighted by atomic mass is 10.1. The van der Waals surface area contributed by atoms with Gasteiger partial charge in [-0.25, -0.2) is 0 Å². The number of benzene rings is 2. The van der Waals surface area contributed by atoms with Crippen molar-refractivity contribution in [3.05, 3.63) is 76.1 Å². The summed E-state index contributed by atoms with van der Waals surface area (Å²) >= 11 is 0. The molecule has 1 N–H and O–H groups in total. The molecule has 1 aliphatic rings. The van der Waals surface area contributed by atoms with Gasteiger partial charge in [-0.3, -0.25) is 9.48 Å². The van der Waals surface area contributed by atoms with E-state index in [4.69, 9.17) is 9.47 Å². The number of carbonyl (C=O) groups excluding carboxylic acids is 1. The highest BCUT2D eigenvalue weighted by atomic mass is 19.4. The van der Waals surface area contributed by atoms with E-state index in [9.17, 15) is 18.0 Å². The fraction of sp³-hybridized carbons (Fsp3) is 0.407. The van der Waals surface area contributed by atoms with Crippen LogP contribution in [0.5, 0.6) is 11.5 Å². The van der Waals surface area contributed by atoms with Gasteiger partial charge in [-0.05, 0) is 74.6 Å². The summed E-state index contributed by atoms with van der Waals surface area (Å²) in [7, 11) is 1.56. The molecular weight excluding hydrogens is 471 g/mol. The van der Waals surface area contributed by atoms with Crippen molar-refractivity contribution in [2.24, 2.45) is 0 Å². The normalized spacial score (nSPS) is 13.5. The van der Waals surface area contributed by atoms with Crippen LogP contribution >= 0.6 is 0 Å². The minimum atomic E-state index is -4.46. The van der Waals surface area contributed by atoms with Gasteiger partial charge in [-0.2, -0.15) is 18.3 Å². The first-order chi connectivity index (χ1) is 17.2. The van der Waals surface area contributed by atoms with Crippen LogP contribution in [0.2, 0.25) is 0 Å². The number of nitrogens with zero attached hydrogens (tertiary/aromatic N) is 2. The summed E-state index contributed by atoms with van der Waals surface area (Å²) in [5.74, 6) is 1.25. The van der Waals surface area contributed by atoms with E-state index < -0.39 is 11.9 Å². The van der Waals surface area contributed by atoms with Crippen molar-refractivity contribution in [2.75, 3.05) is 13.7 Å². The van der Waals surface area contributed by atoms with Crippen LogP contribution < -0.4 is 14.8 Å². The zero-order valence-electron chi connectivity index (χ0n) is 20.6. The number of hydrogen-bond acceptors (Lipinski definition) is 4. The van der Waals surface area contributed by atoms with E-state index in [0.29, 0.717) is 36.5 Å². The summed E-state index contributed by atoms with van der Waals surface area (Å²) in [6.45, 7) is 4.81. The summed E-state index contributed by atoms with van der Waals surface area (Å²) in [6, 6.07) is 12.2. The highest BCUT2D eigenvalue weighted by Gasteiger charge is 2.37. The molecule has 192 valence electrons. The molecule has 2 aromatic carbocycles. The Bertz CT molecular complexity index is 1230. The molecule has 1 heterocycles. The minimum absolute atomic E-state index is 0.145. The molecule has 6 nitrogen and oxygen atoms in total. The second-order valence-corrected chi connectivity index (χ2v) is 9.14. The van der Waals surface area contributed by atoms with Gasteiger partial charge in [0.25, 0.3) is 5.91 Å². The number of methoxy groups -OCH3 is 1. The Hall–Kier alpha value is -3.49. The molecule has 3 aromatic rings. The van der Waals surface area contributed by atoms with Gasteiger partial charge in [0.2, 0.25) is 0 Å². The molecule has 9 heteroatoms. The number of halogens is 3. The lowest BCUT2D eigenvalue weighted by molar-refractivity contribution is -0.141. The predicted molar refractivity (Wildman–Crippen MR) is 129 cm³/mol. The van der Waals surface area contributed by atoms with E-state index in [2.05, 4.69) is 10.4 Å². The first-order valence-electron chi connectivity index (χ1n) is 12.0. The number of hydrogen-bond donors (Lipinski definition) is 1. The summed E-state index contributed by atoms with van der Waals surface area (Å²) < 4.78 is 52.1. The summed E-state index contributed by atoms with van der Waals surface area (Å²) in [4.78, 5) is 12.7. The molecule has 36 heavy (non-hydrogen) atoms. The number of aryl methyl sites for hydroxylation is 3. The van der Waals surface area contributed by atoms with Crippen LogP contribution in [0.15, 0.2) is 42.5 Å². The van der Waals surface area contributed by atoms with Crippen LogP contribution in [-0.4, -0.2) is 29.3 Å². The number of carbonyl (C=O) groups is 1. The van der Waals surface area contributed by atoms with Crippen LogP contribution in [0.3, 0.4) is 0 Å². The van der Waals surface area contributed by atoms with Gasteiger partial charge in [0.05, 0.1) is 7.11 Å². The van der Waals surface area contributed by atoms with Crippen LogP contribution in [0.25, 0.3) is 0 Å². The number of amides is 1. The van der Waals surface area contributed by atoms with Crippen molar-refractivity contribution < 1.29 is 27.4 Å². The van der Waals surface area contributed by atoms with Gasteiger partial charge in [0.15, 0.2) is 5.69 Å². The van der Waals surface area contributed by atoms with Gasteiger partial charge < -0.3 is 14.8 Å². The zero-order valence-corrected chi connectivity index (χ0v) is 20.6. The standard InChI is InChI=1S/C27H30F3N3O3/c1-17-5-6-18(2)24(13-17)36-16-21-14-20(9-10-23(21)35-3)26(34)31-11-4-12-33-22(19-7-8-19)15-25(32-33)27(28,29)30/h5-6,9-10,13-15,19H,4,7-8,11-12,16H2,1-3H3,(H,31,34). The van der Waals surface area contributed by atoms with E-state index in [1.54, 1.807) is 25.3 Å². The lowest BCUT2D eigenvalue weighted by Crippen LogP contribution is -2.25. The third-order valence-electron chi connectivity index (χ3n) is 6.20. The summed E-state index contributed by atoms with van der Waals surface area (Å²) in [5, 5.41) is 6.60. The Labute approximate surface area is 208 Å². The highest BCUT2D eigenvalue weighted by Crippen LogP contribution is 2.42. The third-order valence-corrected chi connectivity index (χ3v) is 6.20. The number of aromatic nitrogens is 2. The molecular formula is C27H30F3N3O3. The predicted octanol–water partition coefficient (Wildman–Crippen LogP) is 5.80. The Morgan fingerprint density at radius 3 is 2.58 bits per heavy atom. The first-order valence-corrected chi connectivity index (χ1v) is 12.0. The topological polar surface area (TPSA) is 65.4 Å². The number of ether oxygens (including phenoxy) is 2. The molecule has 0 radical (unpaired) electrons. The maximum Gasteiger partial charge on any atom is 0.435 e. The number of rotatable bonds is 10. The fourth-order valence-corrected chi connectivity index (χ4v) is 4.04. The Morgan fingerprint density at radius 2 is 1.89 bits per heavy atom. The molecule has 0 aliphatic heterocycles. The molecule has 0 bridgehead atoms. The molecule has 1 saturated carbocycles. The van der Waals surface area contributed by atoms with Crippen molar-refractivity contribution in [1.29, 1.82) is 0 Å². The van der Waals surface area contributed by atoms with Gasteiger partial charge in [-0.15, -0.1) is 0 Å². The van der Waals surface area contributed by atoms with E-state index in [1.807, 2.05) is 32.0 Å². The second-order valence-electron chi connectivity index (χ2n) is 9.14. The van der Waals surface area contributed by atoms with Crippen molar-refractivity contribution in [3.63, 3.8) is 0 Å². The van der Waals surface area contributed by atoms with E-state index in [-0.39, 0.29) is 18.4 Å². The third kappa shape index (κ3) is 6.19. The maximum atomic E-state index is 13.1. The molecule has 0 saturated heterocycles. The zero-order chi connectivity index (χ0) is 25.9. The number of nitrogens with one attached hydrogen (secondary N) is 1. The van der Waals surface area contributed by atoms with Gasteiger partial charge in [0.1, 0.15) is 18.1 Å². The first kappa shape index (κ1) is 25.6. The summed E-state index contributed by atoms with van der Waals surface area (Å²) in [6.07, 6.45) is -2.24. The largest absolute Gasteiger partial charge is 0.496 e. The van der Waals surface area contributed by atoms with Crippen molar-refractivity contribution in [3.8, 4) is 11.5 Å². The molecule has 1 aliphatic carbocycles. The van der Waals surface area contributed by atoms with Crippen molar-refractivity contribution in [2.45, 2.75) is 58.4 Å². The summed E-state index contributed by atoms with van der Waals surface area (Å²) in [5.41, 5.74) is 3.05. The molecule has 1 amide bonds. The van der Waals surface area contributed by atoms with Crippen molar-refractivity contribution >= 4 is 5.91 Å². The fourth-order valence-electron chi connectivity index (χ4n) is 4.04. The molecule has 0 atom stereocenters. The van der Waals surface area contributed by atoms with Gasteiger partial charge >= 0.3 is 6.18 Å². The maximum absolute atomic E-state index is 13.1. The van der Waals surface area contributed by atoms with Crippen molar-refractivity contribution in [1.82, 2.24) is 15.1 Å². The quantitative estimate of drug-likeness (QED) is 0.357. The average Bonchev–Trinajstić information content (AvgIpc) is 3.59. The molecule has 1 fully saturated rings. The van der Waals surface area contributed by atoms with Crippen LogP contribution in [0.1, 0.15) is 63.6 Å². The SMILES string of the molecule is COc1ccc(C(=O)NCCCn2nc(C(F)(F)F)cc2C2CC2)cc1COc1cc(C)ccc1C. The lowest BCUT2D eigenvalue weighted by Gasteiger charge is -2.14. The van der Waals surface area contributed by atoms with Crippen LogP contribution in [0, 0.1) is 13.8 Å². The minimum Gasteiger partial charge on any atom is -0.496 e. The second kappa shape index (κ2) is 10.6. The smallest absolute Gasteiger partial charge is 0.435 e. The highest BCUT2D eigenvalue weighted by molar-refractivity contribution is 5.94. The molecule has 0 spiro atoms. The molecule has 4 rings (SSSR count). The van der Waals surface area contributed by atoms with E-state index in [1.165, 1.54) is 4.68 Å². The molecule has 0 unspecified atom stereocenters. The van der Waals surface area contributed by atoms with E-state index >= 15 is 0 Å². The van der Waals surface area contributed by atoms with Crippen LogP contribution in [-0.2, 0) is 19.3 Å². The van der Waals surface area contributed by atoms with Crippen LogP contribution in [0.4, 0.5) is 13.2 Å². The monoisotopic (exact) mass is 501 g/mol. The Balaban J connectivity index is 1.35. The Kier molecular flexibility index (Phi) is 7.56. The van der Waals surface area contributed by atoms with Gasteiger partial charge in [-0.1, -0.05) is 12.1 Å². The molecule has 1 aromatic heterocycles. The van der Waals surface area contributed by atoms with Gasteiger partial charge in [0, 0.05) is 35.8 Å². The average molecular weight is 502 g/mol. The number of alkyl halides is 3.